The number of carbonyl (C=O) groups excluding carboxylic acids is 1. The molecule has 0 aromatic heterocycles. The van der Waals surface area contributed by atoms with Gasteiger partial charge in [-0.15, -0.1) is 0 Å². The van der Waals surface area contributed by atoms with E-state index in [1.807, 2.05) is 0 Å². The van der Waals surface area contributed by atoms with Crippen molar-refractivity contribution in [3.8, 4) is 0 Å². The molecular weight excluding hydrogens is 262 g/mol. The molecule has 108 valence electrons. The zero-order valence-corrected chi connectivity index (χ0v) is 11.0. The fraction of sp³-hybridized carbons (Fsp3) is 0.462. The average Bonchev–Trinajstić information content (AvgIpc) is 2.45. The number of para-hydroxylation sites is 1. The molecule has 1 heterocycles. The highest BCUT2D eigenvalue weighted by Crippen LogP contribution is 2.25. The summed E-state index contributed by atoms with van der Waals surface area (Å²) in [5, 5.41) is 13.6. The number of nitrogens with one attached hydrogen (secondary N) is 1. The van der Waals surface area contributed by atoms with E-state index in [9.17, 15) is 14.9 Å². The first-order valence-electron chi connectivity index (χ1n) is 6.52. The summed E-state index contributed by atoms with van der Waals surface area (Å²) in [6, 6.07) is 4.32. The third-order valence-corrected chi connectivity index (χ3v) is 3.26. The molecule has 20 heavy (non-hydrogen) atoms. The minimum atomic E-state index is -0.638. The molecule has 7 nitrogen and oxygen atoms in total. The van der Waals surface area contributed by atoms with Crippen molar-refractivity contribution in [3.63, 3.8) is 0 Å². The second-order valence-electron chi connectivity index (χ2n) is 4.70. The van der Waals surface area contributed by atoms with Gasteiger partial charge in [0.1, 0.15) is 11.3 Å². The lowest BCUT2D eigenvalue weighted by Gasteiger charge is -2.22. The average molecular weight is 279 g/mol. The fourth-order valence-electron chi connectivity index (χ4n) is 2.22. The van der Waals surface area contributed by atoms with E-state index >= 15 is 0 Å². The predicted octanol–water partition coefficient (Wildman–Crippen LogP) is 1.48. The molecule has 1 aliphatic rings. The van der Waals surface area contributed by atoms with Gasteiger partial charge in [0.15, 0.2) is 0 Å². The van der Waals surface area contributed by atoms with Crippen molar-refractivity contribution >= 4 is 17.3 Å². The summed E-state index contributed by atoms with van der Waals surface area (Å²) in [5.41, 5.74) is 5.16. The van der Waals surface area contributed by atoms with E-state index in [-0.39, 0.29) is 23.0 Å². The first-order chi connectivity index (χ1) is 9.59. The lowest BCUT2D eigenvalue weighted by Crippen LogP contribution is -2.35. The Labute approximate surface area is 116 Å². The Morgan fingerprint density at radius 3 is 2.95 bits per heavy atom. The van der Waals surface area contributed by atoms with Gasteiger partial charge in [0, 0.05) is 13.2 Å². The van der Waals surface area contributed by atoms with Crippen molar-refractivity contribution in [2.45, 2.75) is 25.4 Å². The van der Waals surface area contributed by atoms with Crippen LogP contribution in [0.2, 0.25) is 0 Å². The van der Waals surface area contributed by atoms with Gasteiger partial charge in [-0.1, -0.05) is 6.07 Å². The van der Waals surface area contributed by atoms with Gasteiger partial charge < -0.3 is 15.8 Å². The number of rotatable bonds is 4. The lowest BCUT2D eigenvalue weighted by atomic mass is 10.1. The Hall–Kier alpha value is -2.15. The normalized spacial score (nSPS) is 18.5. The zero-order chi connectivity index (χ0) is 14.5. The molecular formula is C13H17N3O4. The Morgan fingerprint density at radius 1 is 1.50 bits per heavy atom. The second-order valence-corrected chi connectivity index (χ2v) is 4.70. The fourth-order valence-corrected chi connectivity index (χ4v) is 2.22. The van der Waals surface area contributed by atoms with E-state index in [2.05, 4.69) is 5.32 Å². The molecule has 0 saturated carbocycles. The number of ether oxygens (including phenoxy) is 1. The van der Waals surface area contributed by atoms with Crippen molar-refractivity contribution in [1.29, 1.82) is 0 Å². The van der Waals surface area contributed by atoms with Crippen molar-refractivity contribution < 1.29 is 14.5 Å². The number of nitro benzene ring substituents is 1. The molecule has 1 aliphatic heterocycles. The van der Waals surface area contributed by atoms with Crippen molar-refractivity contribution in [3.05, 3.63) is 33.9 Å². The second kappa shape index (κ2) is 6.33. The summed E-state index contributed by atoms with van der Waals surface area (Å²) < 4.78 is 5.49. The zero-order valence-electron chi connectivity index (χ0n) is 11.0. The predicted molar refractivity (Wildman–Crippen MR) is 73.4 cm³/mol. The number of nitrogens with zero attached hydrogens (tertiary/aromatic N) is 1. The molecule has 0 spiro atoms. The largest absolute Gasteiger partial charge is 0.393 e. The van der Waals surface area contributed by atoms with Crippen LogP contribution in [0.5, 0.6) is 0 Å². The molecule has 1 aromatic rings. The van der Waals surface area contributed by atoms with Crippen LogP contribution in [0, 0.1) is 10.1 Å². The summed E-state index contributed by atoms with van der Waals surface area (Å²) >= 11 is 0. The minimum absolute atomic E-state index is 0.0171. The molecule has 1 fully saturated rings. The maximum Gasteiger partial charge on any atom is 0.304 e. The molecule has 1 aromatic carbocycles. The summed E-state index contributed by atoms with van der Waals surface area (Å²) in [6.07, 6.45) is 2.97. The van der Waals surface area contributed by atoms with Crippen LogP contribution < -0.4 is 11.1 Å². The Morgan fingerprint density at radius 2 is 2.30 bits per heavy atom. The summed E-state index contributed by atoms with van der Waals surface area (Å²) in [7, 11) is 0. The molecule has 2 rings (SSSR count). The van der Waals surface area contributed by atoms with Crippen LogP contribution in [0.1, 0.15) is 29.6 Å². The quantitative estimate of drug-likeness (QED) is 0.493. The number of nitro groups is 1. The standard InChI is InChI=1S/C13H17N3O4/c14-11-6-3-5-10(12(11)16(18)19)13(17)15-8-9-4-1-2-7-20-9/h3,5-6,9H,1-2,4,7-8,14H2,(H,15,17). The molecule has 1 amide bonds. The third-order valence-electron chi connectivity index (χ3n) is 3.26. The van der Waals surface area contributed by atoms with E-state index < -0.39 is 10.8 Å². The highest BCUT2D eigenvalue weighted by molar-refractivity contribution is 6.00. The van der Waals surface area contributed by atoms with Gasteiger partial charge in [0.25, 0.3) is 5.91 Å². The van der Waals surface area contributed by atoms with Crippen LogP contribution in [-0.4, -0.2) is 30.1 Å². The van der Waals surface area contributed by atoms with Gasteiger partial charge in [-0.3, -0.25) is 14.9 Å². The van der Waals surface area contributed by atoms with E-state index in [4.69, 9.17) is 10.5 Å². The highest BCUT2D eigenvalue weighted by atomic mass is 16.6. The number of benzene rings is 1. The number of nitrogen functional groups attached to an aromatic ring is 1. The van der Waals surface area contributed by atoms with Gasteiger partial charge in [-0.05, 0) is 31.4 Å². The Kier molecular flexibility index (Phi) is 4.52. The topological polar surface area (TPSA) is 107 Å². The van der Waals surface area contributed by atoms with Crippen molar-refractivity contribution in [2.75, 3.05) is 18.9 Å². The summed E-state index contributed by atoms with van der Waals surface area (Å²) in [4.78, 5) is 22.4. The number of carbonyl (C=O) groups is 1. The van der Waals surface area contributed by atoms with Crippen LogP contribution in [0.25, 0.3) is 0 Å². The van der Waals surface area contributed by atoms with Crippen molar-refractivity contribution in [1.82, 2.24) is 5.32 Å². The maximum atomic E-state index is 12.0. The molecule has 0 radical (unpaired) electrons. The smallest absolute Gasteiger partial charge is 0.304 e. The number of nitrogens with two attached hydrogens (primary N) is 1. The number of hydrogen-bond donors (Lipinski definition) is 2. The van der Waals surface area contributed by atoms with Gasteiger partial charge in [-0.2, -0.15) is 0 Å². The molecule has 1 unspecified atom stereocenters. The van der Waals surface area contributed by atoms with Crippen LogP contribution >= 0.6 is 0 Å². The number of anilines is 1. The van der Waals surface area contributed by atoms with E-state index in [1.165, 1.54) is 18.2 Å². The van der Waals surface area contributed by atoms with E-state index in [0.29, 0.717) is 13.2 Å². The highest BCUT2D eigenvalue weighted by Gasteiger charge is 2.24. The van der Waals surface area contributed by atoms with Crippen LogP contribution in [-0.2, 0) is 4.74 Å². The Balaban J connectivity index is 2.05. The summed E-state index contributed by atoms with van der Waals surface area (Å²) in [5.74, 6) is -0.502. The van der Waals surface area contributed by atoms with E-state index in [1.54, 1.807) is 0 Å². The molecule has 0 bridgehead atoms. The molecule has 3 N–H and O–H groups in total. The van der Waals surface area contributed by atoms with Gasteiger partial charge in [-0.25, -0.2) is 0 Å². The minimum Gasteiger partial charge on any atom is -0.393 e. The van der Waals surface area contributed by atoms with Crippen LogP contribution in [0.15, 0.2) is 18.2 Å². The van der Waals surface area contributed by atoms with Crippen LogP contribution in [0.3, 0.4) is 0 Å². The van der Waals surface area contributed by atoms with Gasteiger partial charge in [0.2, 0.25) is 0 Å². The molecule has 1 atom stereocenters. The first-order valence-corrected chi connectivity index (χ1v) is 6.52. The van der Waals surface area contributed by atoms with Crippen LogP contribution in [0.4, 0.5) is 11.4 Å². The first kappa shape index (κ1) is 14.3. The van der Waals surface area contributed by atoms with Crippen molar-refractivity contribution in [2.24, 2.45) is 0 Å². The monoisotopic (exact) mass is 279 g/mol. The number of amides is 1. The molecule has 0 aliphatic carbocycles. The summed E-state index contributed by atoms with van der Waals surface area (Å²) in [6.45, 7) is 1.05. The number of hydrogen-bond acceptors (Lipinski definition) is 5. The lowest BCUT2D eigenvalue weighted by molar-refractivity contribution is -0.384. The van der Waals surface area contributed by atoms with Gasteiger partial charge in [0.05, 0.1) is 11.0 Å². The maximum absolute atomic E-state index is 12.0. The molecule has 1 saturated heterocycles. The third kappa shape index (κ3) is 3.24. The Bertz CT molecular complexity index is 512. The SMILES string of the molecule is Nc1cccc(C(=O)NCC2CCCCO2)c1[N+](=O)[O-]. The van der Waals surface area contributed by atoms with E-state index in [0.717, 1.165) is 19.3 Å². The van der Waals surface area contributed by atoms with Gasteiger partial charge >= 0.3 is 5.69 Å². The molecule has 7 heteroatoms.